The van der Waals surface area contributed by atoms with E-state index < -0.39 is 6.04 Å². The molecule has 7 nitrogen and oxygen atoms in total. The lowest BCUT2D eigenvalue weighted by atomic mass is 9.87. The third-order valence-electron chi connectivity index (χ3n) is 3.22. The second kappa shape index (κ2) is 5.61. The third-order valence-corrected chi connectivity index (χ3v) is 3.22. The van der Waals surface area contributed by atoms with E-state index >= 15 is 0 Å². The van der Waals surface area contributed by atoms with Crippen LogP contribution in [0.15, 0.2) is 24.3 Å². The summed E-state index contributed by atoms with van der Waals surface area (Å²) in [4.78, 5) is 12.1. The number of aryl methyl sites for hydroxylation is 1. The first kappa shape index (κ1) is 15.1. The van der Waals surface area contributed by atoms with Crippen molar-refractivity contribution in [1.29, 1.82) is 0 Å². The number of nitrogens with zero attached hydrogens (tertiary/aromatic N) is 4. The standard InChI is InChI=1S/C14H20N6O/c1-14(2,3)11(15)13(21)16-10-7-5-6-9(8-10)12-17-18-19-20(12)4/h5-8,11H,15H2,1-4H3,(H,16,21)/t11-/m1/s1. The lowest BCUT2D eigenvalue weighted by Crippen LogP contribution is -2.45. The highest BCUT2D eigenvalue weighted by molar-refractivity contribution is 5.95. The minimum atomic E-state index is -0.586. The van der Waals surface area contributed by atoms with Crippen LogP contribution in [0.4, 0.5) is 5.69 Å². The molecule has 0 spiro atoms. The molecule has 1 aromatic heterocycles. The van der Waals surface area contributed by atoms with E-state index in [1.54, 1.807) is 17.8 Å². The Morgan fingerprint density at radius 2 is 2.10 bits per heavy atom. The van der Waals surface area contributed by atoms with E-state index in [0.717, 1.165) is 5.56 Å². The highest BCUT2D eigenvalue weighted by Gasteiger charge is 2.27. The molecule has 1 heterocycles. The molecular formula is C14H20N6O. The average Bonchev–Trinajstić information content (AvgIpc) is 2.83. The topological polar surface area (TPSA) is 98.7 Å². The molecule has 1 amide bonds. The lowest BCUT2D eigenvalue weighted by molar-refractivity contribution is -0.119. The van der Waals surface area contributed by atoms with E-state index in [-0.39, 0.29) is 11.3 Å². The van der Waals surface area contributed by atoms with Gasteiger partial charge in [0.2, 0.25) is 5.91 Å². The molecule has 0 aliphatic rings. The zero-order chi connectivity index (χ0) is 15.6. The lowest BCUT2D eigenvalue weighted by Gasteiger charge is -2.25. The van der Waals surface area contributed by atoms with Crippen molar-refractivity contribution in [1.82, 2.24) is 20.2 Å². The molecular weight excluding hydrogens is 268 g/mol. The van der Waals surface area contributed by atoms with E-state index in [2.05, 4.69) is 20.8 Å². The molecule has 7 heteroatoms. The van der Waals surface area contributed by atoms with Gasteiger partial charge in [-0.25, -0.2) is 4.68 Å². The zero-order valence-electron chi connectivity index (χ0n) is 12.7. The van der Waals surface area contributed by atoms with Gasteiger partial charge in [-0.1, -0.05) is 32.9 Å². The molecule has 0 bridgehead atoms. The number of tetrazole rings is 1. The smallest absolute Gasteiger partial charge is 0.241 e. The predicted molar refractivity (Wildman–Crippen MR) is 80.3 cm³/mol. The van der Waals surface area contributed by atoms with E-state index in [1.165, 1.54) is 0 Å². The summed E-state index contributed by atoms with van der Waals surface area (Å²) in [6, 6.07) is 6.75. The van der Waals surface area contributed by atoms with Gasteiger partial charge < -0.3 is 11.1 Å². The van der Waals surface area contributed by atoms with Crippen LogP contribution in [0.2, 0.25) is 0 Å². The van der Waals surface area contributed by atoms with Gasteiger partial charge in [-0.2, -0.15) is 0 Å². The molecule has 3 N–H and O–H groups in total. The van der Waals surface area contributed by atoms with Crippen molar-refractivity contribution in [2.24, 2.45) is 18.2 Å². The Hall–Kier alpha value is -2.28. The Kier molecular flexibility index (Phi) is 4.04. The second-order valence-electron chi connectivity index (χ2n) is 6.04. The van der Waals surface area contributed by atoms with Gasteiger partial charge in [0, 0.05) is 18.3 Å². The van der Waals surface area contributed by atoms with Gasteiger partial charge in [0.25, 0.3) is 0 Å². The maximum atomic E-state index is 12.1. The molecule has 0 radical (unpaired) electrons. The summed E-state index contributed by atoms with van der Waals surface area (Å²) >= 11 is 0. The van der Waals surface area contributed by atoms with Gasteiger partial charge in [0.15, 0.2) is 5.82 Å². The molecule has 0 aliphatic heterocycles. The number of anilines is 1. The minimum Gasteiger partial charge on any atom is -0.325 e. The van der Waals surface area contributed by atoms with Crippen molar-refractivity contribution in [3.8, 4) is 11.4 Å². The maximum Gasteiger partial charge on any atom is 0.241 e. The average molecular weight is 288 g/mol. The van der Waals surface area contributed by atoms with E-state index in [9.17, 15) is 4.79 Å². The molecule has 0 saturated heterocycles. The summed E-state index contributed by atoms with van der Waals surface area (Å²) in [6.45, 7) is 5.79. The first-order chi connectivity index (χ1) is 9.79. The van der Waals surface area contributed by atoms with Crippen LogP contribution in [-0.2, 0) is 11.8 Å². The first-order valence-electron chi connectivity index (χ1n) is 6.68. The van der Waals surface area contributed by atoms with Gasteiger partial charge in [0.1, 0.15) is 0 Å². The fraction of sp³-hybridized carbons (Fsp3) is 0.429. The van der Waals surface area contributed by atoms with Crippen LogP contribution < -0.4 is 11.1 Å². The third kappa shape index (κ3) is 3.43. The molecule has 0 fully saturated rings. The van der Waals surface area contributed by atoms with E-state index in [0.29, 0.717) is 11.5 Å². The predicted octanol–water partition coefficient (Wildman–Crippen LogP) is 1.19. The van der Waals surface area contributed by atoms with Crippen LogP contribution in [-0.4, -0.2) is 32.2 Å². The number of carbonyl (C=O) groups excluding carboxylic acids is 1. The summed E-state index contributed by atoms with van der Waals surface area (Å²) in [5.74, 6) is 0.418. The summed E-state index contributed by atoms with van der Waals surface area (Å²) in [7, 11) is 1.76. The molecule has 21 heavy (non-hydrogen) atoms. The van der Waals surface area contributed by atoms with E-state index in [1.807, 2.05) is 39.0 Å². The number of nitrogens with two attached hydrogens (primary N) is 1. The molecule has 0 unspecified atom stereocenters. The number of hydrogen-bond acceptors (Lipinski definition) is 5. The molecule has 0 aliphatic carbocycles. The number of rotatable bonds is 3. The molecule has 0 saturated carbocycles. The fourth-order valence-electron chi connectivity index (χ4n) is 1.82. The molecule has 2 aromatic rings. The highest BCUT2D eigenvalue weighted by Crippen LogP contribution is 2.22. The van der Waals surface area contributed by atoms with Crippen molar-refractivity contribution < 1.29 is 4.79 Å². The molecule has 112 valence electrons. The van der Waals surface area contributed by atoms with Crippen LogP contribution >= 0.6 is 0 Å². The minimum absolute atomic E-state index is 0.212. The summed E-state index contributed by atoms with van der Waals surface area (Å²) in [5.41, 5.74) is 7.14. The van der Waals surface area contributed by atoms with Crippen molar-refractivity contribution in [3.05, 3.63) is 24.3 Å². The number of carbonyl (C=O) groups is 1. The quantitative estimate of drug-likeness (QED) is 0.884. The van der Waals surface area contributed by atoms with Crippen molar-refractivity contribution in [2.75, 3.05) is 5.32 Å². The summed E-state index contributed by atoms with van der Waals surface area (Å²) < 4.78 is 1.57. The Morgan fingerprint density at radius 1 is 1.38 bits per heavy atom. The molecule has 1 atom stereocenters. The zero-order valence-corrected chi connectivity index (χ0v) is 12.7. The highest BCUT2D eigenvalue weighted by atomic mass is 16.2. The Labute approximate surface area is 123 Å². The van der Waals surface area contributed by atoms with Crippen molar-refractivity contribution in [3.63, 3.8) is 0 Å². The van der Waals surface area contributed by atoms with Gasteiger partial charge >= 0.3 is 0 Å². The number of nitrogens with one attached hydrogen (secondary N) is 1. The van der Waals surface area contributed by atoms with Crippen LogP contribution in [0.25, 0.3) is 11.4 Å². The Morgan fingerprint density at radius 3 is 2.67 bits per heavy atom. The van der Waals surface area contributed by atoms with Crippen LogP contribution in [0.3, 0.4) is 0 Å². The van der Waals surface area contributed by atoms with Crippen LogP contribution in [0.5, 0.6) is 0 Å². The monoisotopic (exact) mass is 288 g/mol. The SMILES string of the molecule is Cn1nnnc1-c1cccc(NC(=O)[C@@H](N)C(C)(C)C)c1. The number of hydrogen-bond donors (Lipinski definition) is 2. The van der Waals surface area contributed by atoms with E-state index in [4.69, 9.17) is 5.73 Å². The van der Waals surface area contributed by atoms with Crippen LogP contribution in [0.1, 0.15) is 20.8 Å². The largest absolute Gasteiger partial charge is 0.325 e. The Balaban J connectivity index is 2.19. The first-order valence-corrected chi connectivity index (χ1v) is 6.68. The summed E-state index contributed by atoms with van der Waals surface area (Å²) in [5, 5.41) is 14.2. The summed E-state index contributed by atoms with van der Waals surface area (Å²) in [6.07, 6.45) is 0. The van der Waals surface area contributed by atoms with Gasteiger partial charge in [0.05, 0.1) is 6.04 Å². The van der Waals surface area contributed by atoms with Crippen molar-refractivity contribution >= 4 is 11.6 Å². The Bertz CT molecular complexity index is 643. The molecule has 2 rings (SSSR count). The van der Waals surface area contributed by atoms with Crippen LogP contribution in [0, 0.1) is 5.41 Å². The van der Waals surface area contributed by atoms with Gasteiger partial charge in [-0.3, -0.25) is 4.79 Å². The maximum absolute atomic E-state index is 12.1. The van der Waals surface area contributed by atoms with Gasteiger partial charge in [-0.15, -0.1) is 5.10 Å². The van der Waals surface area contributed by atoms with Gasteiger partial charge in [-0.05, 0) is 28.0 Å². The normalized spacial score (nSPS) is 13.0. The molecule has 1 aromatic carbocycles. The number of amides is 1. The number of aromatic nitrogens is 4. The fourth-order valence-corrected chi connectivity index (χ4v) is 1.82. The second-order valence-corrected chi connectivity index (χ2v) is 6.04. The van der Waals surface area contributed by atoms with Crippen molar-refractivity contribution in [2.45, 2.75) is 26.8 Å². The number of benzene rings is 1.